The van der Waals surface area contributed by atoms with E-state index in [0.29, 0.717) is 114 Å². The molecule has 3 saturated heterocycles. The molecule has 0 radical (unpaired) electrons. The molecule has 7 fully saturated rings. The Morgan fingerprint density at radius 1 is 0.957 bits per heavy atom. The standard InChI is InChI=1S/C55H76N2O13/c1-49-18-16-33(69-24-8-23-68-4)26-38(49)42(61)36-14-13-31-25-40-50(2)20-21-53(49,44(36)54(31,50)65)17-6-9-32-28-57(32)48(63)45-52(19-15-30(27-52)34-10-5-12-39(60)35(34)11-7-22-58)41-37(29-59)46(55(66,67)51(40,3)64)70-43(41)47(62)56-45/h5,10,12,30-33,37-38,40-41,43,45-47,56,58-60,62,64-67H,7-9,11,13-16,18-29H2,1-4H3/t30-,31-,32-,33+,37-,38+,40+,41-,43+,45+,46+,47-,49+,50-,51+,52-,53+,54-,57?/m1/s1. The zero-order valence-electron chi connectivity index (χ0n) is 41.4. The Bertz CT molecular complexity index is 2380. The monoisotopic (exact) mass is 973 g/mol. The van der Waals surface area contributed by atoms with Crippen LogP contribution in [0.25, 0.3) is 0 Å². The molecule has 11 rings (SSSR count). The van der Waals surface area contributed by atoms with E-state index in [-0.39, 0.29) is 48.5 Å². The Morgan fingerprint density at radius 2 is 1.76 bits per heavy atom. The number of ether oxygens (including phenoxy) is 3. The molecule has 4 saturated carbocycles. The first-order valence-electron chi connectivity index (χ1n) is 26.5. The number of benzene rings is 1. The number of fused-ring (bicyclic) bond motifs is 3. The summed E-state index contributed by atoms with van der Waals surface area (Å²) in [5.74, 6) is 0.493. The number of aliphatic hydroxyl groups excluding tert-OH is 3. The zero-order chi connectivity index (χ0) is 49.6. The van der Waals surface area contributed by atoms with Gasteiger partial charge in [-0.25, -0.2) is 0 Å². The van der Waals surface area contributed by atoms with E-state index < -0.39 is 99.3 Å². The summed E-state index contributed by atoms with van der Waals surface area (Å²) in [6.07, 6.45) is 2.95. The lowest BCUT2D eigenvalue weighted by Crippen LogP contribution is -2.71. The number of ketones is 1. The highest BCUT2D eigenvalue weighted by Gasteiger charge is 2.80. The SMILES string of the molecule is COCCCO[C@H]1CC[C@@]2(C)[C@@H](C1)C(=O)C1=C3[C@@]24C#CC[C@@H]2CN2C(=O)[C@@H]2N[C@H](O)[C@H]5O[C@@H]([C@H](CO)[C@H]5[C@]25CC[C@@H](c2cccc(O)c2CCCO)C5)C(O)(O)[C@@](C)(O)[C@H]2C[C@@H](CC1)[C@]3(O)[C@]2(C)CC4. The molecular formula is C55H76N2O13. The number of allylic oxidation sites excluding steroid dienone is 1. The van der Waals surface area contributed by atoms with Crippen molar-refractivity contribution in [2.24, 2.45) is 51.2 Å². The number of carbonyl (C=O) groups is 2. The van der Waals surface area contributed by atoms with Crippen LogP contribution in [0.1, 0.15) is 128 Å². The minimum Gasteiger partial charge on any atom is -0.508 e. The van der Waals surface area contributed by atoms with Crippen LogP contribution >= 0.6 is 0 Å². The molecule has 15 nitrogen and oxygen atoms in total. The van der Waals surface area contributed by atoms with Crippen molar-refractivity contribution in [1.29, 1.82) is 0 Å². The number of methoxy groups -OCH3 is 1. The summed E-state index contributed by atoms with van der Waals surface area (Å²) in [6.45, 7) is 6.39. The molecule has 4 aliphatic heterocycles. The van der Waals surface area contributed by atoms with Crippen molar-refractivity contribution < 1.29 is 64.7 Å². The van der Waals surface area contributed by atoms with Gasteiger partial charge in [-0.15, -0.1) is 5.92 Å². The number of phenolic OH excluding ortho intramolecular Hbond substituents is 1. The summed E-state index contributed by atoms with van der Waals surface area (Å²) >= 11 is 0. The molecule has 10 aliphatic rings. The molecule has 18 atom stereocenters. The second-order valence-electron chi connectivity index (χ2n) is 24.2. The summed E-state index contributed by atoms with van der Waals surface area (Å²) in [6, 6.07) is 4.20. The minimum atomic E-state index is -3.06. The van der Waals surface area contributed by atoms with Gasteiger partial charge in [-0.1, -0.05) is 31.9 Å². The van der Waals surface area contributed by atoms with E-state index in [1.807, 2.05) is 13.0 Å². The molecule has 1 aromatic carbocycles. The molecule has 7 bridgehead atoms. The third-order valence-electron chi connectivity index (χ3n) is 21.4. The van der Waals surface area contributed by atoms with Crippen LogP contribution < -0.4 is 5.32 Å². The number of nitrogens with one attached hydrogen (secondary N) is 1. The second-order valence-corrected chi connectivity index (χ2v) is 24.2. The number of nitrogens with zero attached hydrogens (tertiary/aromatic N) is 1. The first kappa shape index (κ1) is 49.2. The number of rotatable bonds is 10. The predicted molar refractivity (Wildman–Crippen MR) is 253 cm³/mol. The van der Waals surface area contributed by atoms with Crippen LogP contribution in [0.15, 0.2) is 29.3 Å². The maximum absolute atomic E-state index is 15.3. The van der Waals surface area contributed by atoms with Crippen LogP contribution in [-0.2, 0) is 30.2 Å². The van der Waals surface area contributed by atoms with Crippen molar-refractivity contribution in [1.82, 2.24) is 10.2 Å². The molecule has 9 N–H and O–H groups in total. The van der Waals surface area contributed by atoms with Gasteiger partial charge in [0.15, 0.2) is 5.78 Å². The van der Waals surface area contributed by atoms with E-state index in [4.69, 9.17) is 14.2 Å². The van der Waals surface area contributed by atoms with Crippen molar-refractivity contribution in [3.8, 4) is 17.6 Å². The van der Waals surface area contributed by atoms with Crippen molar-refractivity contribution >= 4 is 11.7 Å². The second kappa shape index (κ2) is 17.0. The van der Waals surface area contributed by atoms with Gasteiger partial charge in [-0.05, 0) is 142 Å². The molecule has 0 aromatic heterocycles. The van der Waals surface area contributed by atoms with E-state index in [9.17, 15) is 40.9 Å². The quantitative estimate of drug-likeness (QED) is 0.0710. The number of phenols is 1. The molecule has 0 unspecified atom stereocenters. The predicted octanol–water partition coefficient (Wildman–Crippen LogP) is 2.96. The van der Waals surface area contributed by atoms with Gasteiger partial charge in [0, 0.05) is 81.0 Å². The first-order chi connectivity index (χ1) is 33.3. The van der Waals surface area contributed by atoms with Crippen molar-refractivity contribution in [3.63, 3.8) is 0 Å². The van der Waals surface area contributed by atoms with Gasteiger partial charge in [-0.3, -0.25) is 14.9 Å². The van der Waals surface area contributed by atoms with Gasteiger partial charge in [0.2, 0.25) is 11.7 Å². The lowest BCUT2D eigenvalue weighted by Gasteiger charge is -2.67. The minimum absolute atomic E-state index is 0.0254. The fourth-order valence-corrected chi connectivity index (χ4v) is 17.8. The third kappa shape index (κ3) is 6.53. The number of Topliss-reactive ketones (excluding diaryl/α,β-unsaturated/α-hetero) is 1. The lowest BCUT2D eigenvalue weighted by molar-refractivity contribution is -0.345. The number of hydrogen-bond acceptors (Lipinski definition) is 14. The molecule has 1 spiro atoms. The molecule has 1 aromatic rings. The Labute approximate surface area is 411 Å². The van der Waals surface area contributed by atoms with E-state index in [0.717, 1.165) is 17.5 Å². The van der Waals surface area contributed by atoms with Crippen molar-refractivity contribution in [3.05, 3.63) is 40.5 Å². The third-order valence-corrected chi connectivity index (χ3v) is 21.4. The first-order valence-corrected chi connectivity index (χ1v) is 26.5. The topological polar surface area (TPSA) is 239 Å². The Kier molecular flexibility index (Phi) is 12.0. The highest BCUT2D eigenvalue weighted by Crippen LogP contribution is 2.77. The highest BCUT2D eigenvalue weighted by molar-refractivity contribution is 6.01. The fourth-order valence-electron chi connectivity index (χ4n) is 17.8. The Hall–Kier alpha value is -2.98. The van der Waals surface area contributed by atoms with Gasteiger partial charge in [-0.2, -0.15) is 0 Å². The zero-order valence-corrected chi connectivity index (χ0v) is 41.4. The average molecular weight is 973 g/mol. The Balaban J connectivity index is 1.04. The van der Waals surface area contributed by atoms with Gasteiger partial charge in [0.25, 0.3) is 0 Å². The summed E-state index contributed by atoms with van der Waals surface area (Å²) < 4.78 is 18.3. The van der Waals surface area contributed by atoms with E-state index in [1.54, 1.807) is 24.1 Å². The van der Waals surface area contributed by atoms with Crippen molar-refractivity contribution in [2.75, 3.05) is 40.1 Å². The van der Waals surface area contributed by atoms with Crippen LogP contribution in [0.2, 0.25) is 0 Å². The smallest absolute Gasteiger partial charge is 0.240 e. The van der Waals surface area contributed by atoms with Crippen LogP contribution in [-0.4, -0.2) is 151 Å². The summed E-state index contributed by atoms with van der Waals surface area (Å²) in [5, 5.41) is 101. The van der Waals surface area contributed by atoms with Crippen LogP contribution in [0, 0.1) is 63.1 Å². The largest absolute Gasteiger partial charge is 0.508 e. The number of amides is 1. The maximum Gasteiger partial charge on any atom is 0.240 e. The molecule has 15 heteroatoms. The molecule has 70 heavy (non-hydrogen) atoms. The van der Waals surface area contributed by atoms with Gasteiger partial charge >= 0.3 is 0 Å². The van der Waals surface area contributed by atoms with Crippen molar-refractivity contribution in [2.45, 2.75) is 177 Å². The van der Waals surface area contributed by atoms with Gasteiger partial charge < -0.3 is 60.0 Å². The molecule has 1 amide bonds. The number of aliphatic hydroxyl groups is 7. The van der Waals surface area contributed by atoms with E-state index in [2.05, 4.69) is 24.1 Å². The molecular weight excluding hydrogens is 897 g/mol. The average Bonchev–Trinajstić information content (AvgIpc) is 3.65. The lowest BCUT2D eigenvalue weighted by atomic mass is 9.37. The number of hydrogen-bond donors (Lipinski definition) is 9. The summed E-state index contributed by atoms with van der Waals surface area (Å²) in [7, 11) is 1.67. The molecule has 4 heterocycles. The number of aromatic hydroxyl groups is 1. The van der Waals surface area contributed by atoms with E-state index in [1.165, 1.54) is 6.92 Å². The van der Waals surface area contributed by atoms with Crippen LogP contribution in [0.3, 0.4) is 0 Å². The highest BCUT2D eigenvalue weighted by atomic mass is 16.6. The number of carbonyl (C=O) groups excluding carboxylic acids is 2. The van der Waals surface area contributed by atoms with Crippen LogP contribution in [0.5, 0.6) is 5.75 Å². The fraction of sp³-hybridized carbons (Fsp3) is 0.782. The van der Waals surface area contributed by atoms with Gasteiger partial charge in [0.05, 0.1) is 29.2 Å². The molecule has 6 aliphatic carbocycles. The summed E-state index contributed by atoms with van der Waals surface area (Å²) in [5.41, 5.74) is -4.90. The number of piperidine rings is 1. The summed E-state index contributed by atoms with van der Waals surface area (Å²) in [4.78, 5) is 32.3. The van der Waals surface area contributed by atoms with Crippen LogP contribution in [0.4, 0.5) is 0 Å². The Morgan fingerprint density at radius 3 is 2.51 bits per heavy atom. The van der Waals surface area contributed by atoms with Gasteiger partial charge in [0.1, 0.15) is 29.8 Å². The maximum atomic E-state index is 15.3. The molecule has 384 valence electrons. The van der Waals surface area contributed by atoms with E-state index >= 15 is 9.59 Å². The normalized spacial score (nSPS) is 47.5.